The lowest BCUT2D eigenvalue weighted by atomic mass is 9.41. The lowest BCUT2D eigenvalue weighted by Crippen LogP contribution is -2.61. The number of hydrogen-bond acceptors (Lipinski definition) is 2. The van der Waals surface area contributed by atoms with Gasteiger partial charge in [0.1, 0.15) is 0 Å². The smallest absolute Gasteiger partial charge is 0.226 e. The summed E-state index contributed by atoms with van der Waals surface area (Å²) < 4.78 is 0. The van der Waals surface area contributed by atoms with Gasteiger partial charge >= 0.3 is 0 Å². The summed E-state index contributed by atoms with van der Waals surface area (Å²) in [6.45, 7) is 3.00. The Balaban J connectivity index is 1.45. The highest BCUT2D eigenvalue weighted by Gasteiger charge is 2.62. The number of nitrogens with two attached hydrogens (primary N) is 1. The Bertz CT molecular complexity index is 759. The van der Waals surface area contributed by atoms with E-state index in [-0.39, 0.29) is 10.8 Å². The predicted molar refractivity (Wildman–Crippen MR) is 113 cm³/mol. The van der Waals surface area contributed by atoms with E-state index in [1.807, 2.05) is 0 Å². The second kappa shape index (κ2) is 6.73. The van der Waals surface area contributed by atoms with E-state index in [0.29, 0.717) is 29.7 Å². The summed E-state index contributed by atoms with van der Waals surface area (Å²) in [4.78, 5) is 13.6. The van der Waals surface area contributed by atoms with E-state index < -0.39 is 0 Å². The second-order valence-electron chi connectivity index (χ2n) is 10.2. The molecule has 0 aliphatic heterocycles. The normalized spacial score (nSPS) is 40.9. The Morgan fingerprint density at radius 1 is 1.14 bits per heavy atom. The number of carbonyl (C=O) groups is 1. The van der Waals surface area contributed by atoms with Crippen molar-refractivity contribution in [1.82, 2.24) is 5.32 Å². The molecule has 0 heterocycles. The summed E-state index contributed by atoms with van der Waals surface area (Å²) in [5.74, 6) is 2.13. The standard InChI is InChI=1S/C25H34N2O/c1-2-6-22-18-11-24(20-7-4-3-5-8-20)12-19(22)14-25(13-18,16-24)23(28)27-21-9-17(10-21)15-26/h3-8,17-19,21H,2,9-16,26H2,1H3,(H,27,28)/t17-,18?,19?,21-,24?,25?. The van der Waals surface area contributed by atoms with Crippen molar-refractivity contribution in [2.75, 3.05) is 6.54 Å². The minimum atomic E-state index is -0.166. The van der Waals surface area contributed by atoms with Gasteiger partial charge in [0, 0.05) is 6.04 Å². The molecule has 150 valence electrons. The molecule has 0 aromatic heterocycles. The minimum absolute atomic E-state index is 0.166. The molecule has 5 aliphatic rings. The van der Waals surface area contributed by atoms with E-state index in [4.69, 9.17) is 5.73 Å². The number of hydrogen-bond donors (Lipinski definition) is 2. The SMILES string of the molecule is CCC=C1C2CC3(C(=O)N[C@H]4C[C@H](CN)C4)CC1CC(c1ccccc1)(C2)C3. The third-order valence-corrected chi connectivity index (χ3v) is 8.38. The molecular formula is C25H34N2O. The van der Waals surface area contributed by atoms with Gasteiger partial charge in [-0.1, -0.05) is 48.9 Å². The molecule has 1 amide bonds. The zero-order valence-electron chi connectivity index (χ0n) is 17.1. The summed E-state index contributed by atoms with van der Waals surface area (Å²) in [7, 11) is 0. The van der Waals surface area contributed by atoms with E-state index in [9.17, 15) is 4.79 Å². The predicted octanol–water partition coefficient (Wildman–Crippen LogP) is 4.32. The van der Waals surface area contributed by atoms with Crippen molar-refractivity contribution in [3.63, 3.8) is 0 Å². The number of allylic oxidation sites excluding steroid dienone is 2. The Hall–Kier alpha value is -1.61. The fourth-order valence-electron chi connectivity index (χ4n) is 7.29. The van der Waals surface area contributed by atoms with Crippen LogP contribution in [0, 0.1) is 23.2 Å². The first-order chi connectivity index (χ1) is 13.6. The quantitative estimate of drug-likeness (QED) is 0.750. The molecule has 5 fully saturated rings. The van der Waals surface area contributed by atoms with Crippen molar-refractivity contribution in [1.29, 1.82) is 0 Å². The average Bonchev–Trinajstić information content (AvgIpc) is 2.67. The van der Waals surface area contributed by atoms with Crippen LogP contribution in [0.1, 0.15) is 63.9 Å². The van der Waals surface area contributed by atoms with Crippen LogP contribution in [0.3, 0.4) is 0 Å². The van der Waals surface area contributed by atoms with Gasteiger partial charge < -0.3 is 11.1 Å². The summed E-state index contributed by atoms with van der Waals surface area (Å²) >= 11 is 0. The first-order valence-corrected chi connectivity index (χ1v) is 11.3. The number of rotatable bonds is 5. The van der Waals surface area contributed by atoms with Crippen LogP contribution in [-0.4, -0.2) is 18.5 Å². The maximum atomic E-state index is 13.6. The summed E-state index contributed by atoms with van der Waals surface area (Å²) in [6.07, 6.45) is 11.3. The van der Waals surface area contributed by atoms with Gasteiger partial charge in [-0.2, -0.15) is 0 Å². The summed E-state index contributed by atoms with van der Waals surface area (Å²) in [5.41, 5.74) is 8.94. The van der Waals surface area contributed by atoms with Crippen LogP contribution in [0.15, 0.2) is 42.0 Å². The van der Waals surface area contributed by atoms with Crippen molar-refractivity contribution in [3.8, 4) is 0 Å². The Labute approximate surface area is 169 Å². The van der Waals surface area contributed by atoms with Gasteiger partial charge in [-0.25, -0.2) is 0 Å². The molecule has 1 aromatic rings. The van der Waals surface area contributed by atoms with Crippen LogP contribution in [0.5, 0.6) is 0 Å². The first-order valence-electron chi connectivity index (χ1n) is 11.3. The van der Waals surface area contributed by atoms with Gasteiger partial charge in [-0.05, 0) is 86.6 Å². The zero-order chi connectivity index (χ0) is 19.4. The monoisotopic (exact) mass is 378 g/mol. The van der Waals surface area contributed by atoms with Gasteiger partial charge in [0.15, 0.2) is 0 Å². The average molecular weight is 379 g/mol. The maximum absolute atomic E-state index is 13.6. The molecule has 3 N–H and O–H groups in total. The molecule has 0 radical (unpaired) electrons. The van der Waals surface area contributed by atoms with Crippen molar-refractivity contribution in [2.24, 2.45) is 28.9 Å². The molecule has 0 saturated heterocycles. The van der Waals surface area contributed by atoms with E-state index in [0.717, 1.165) is 45.1 Å². The van der Waals surface area contributed by atoms with Crippen LogP contribution in [0.25, 0.3) is 0 Å². The molecule has 3 nitrogen and oxygen atoms in total. The van der Waals surface area contributed by atoms with Crippen LogP contribution in [0.4, 0.5) is 0 Å². The van der Waals surface area contributed by atoms with Crippen molar-refractivity contribution >= 4 is 5.91 Å². The molecule has 1 aromatic carbocycles. The molecule has 28 heavy (non-hydrogen) atoms. The van der Waals surface area contributed by atoms with E-state index in [1.54, 1.807) is 5.57 Å². The van der Waals surface area contributed by atoms with Crippen LogP contribution in [-0.2, 0) is 10.2 Å². The molecule has 3 heteroatoms. The van der Waals surface area contributed by atoms with E-state index >= 15 is 0 Å². The lowest BCUT2D eigenvalue weighted by Gasteiger charge is -2.63. The van der Waals surface area contributed by atoms with E-state index in [1.165, 1.54) is 18.4 Å². The topological polar surface area (TPSA) is 55.1 Å². The van der Waals surface area contributed by atoms with Gasteiger partial charge in [-0.15, -0.1) is 0 Å². The highest BCUT2D eigenvalue weighted by atomic mass is 16.2. The summed E-state index contributed by atoms with van der Waals surface area (Å²) in [5, 5.41) is 3.44. The Kier molecular flexibility index (Phi) is 4.42. The third kappa shape index (κ3) is 2.77. The summed E-state index contributed by atoms with van der Waals surface area (Å²) in [6, 6.07) is 11.4. The fraction of sp³-hybridized carbons (Fsp3) is 0.640. The van der Waals surface area contributed by atoms with Gasteiger partial charge in [-0.3, -0.25) is 4.79 Å². The van der Waals surface area contributed by atoms with Crippen molar-refractivity contribution < 1.29 is 4.79 Å². The molecule has 5 saturated carbocycles. The molecule has 6 rings (SSSR count). The highest BCUT2D eigenvalue weighted by molar-refractivity contribution is 5.84. The highest BCUT2D eigenvalue weighted by Crippen LogP contribution is 2.67. The minimum Gasteiger partial charge on any atom is -0.353 e. The van der Waals surface area contributed by atoms with Crippen LogP contribution in [0.2, 0.25) is 0 Å². The maximum Gasteiger partial charge on any atom is 0.226 e. The lowest BCUT2D eigenvalue weighted by molar-refractivity contribution is -0.145. The molecule has 2 unspecified atom stereocenters. The van der Waals surface area contributed by atoms with Gasteiger partial charge in [0.25, 0.3) is 0 Å². The number of amides is 1. The Morgan fingerprint density at radius 2 is 1.82 bits per heavy atom. The first kappa shape index (κ1) is 18.4. The molecule has 2 atom stereocenters. The molecule has 4 bridgehead atoms. The van der Waals surface area contributed by atoms with Gasteiger partial charge in [0.2, 0.25) is 5.91 Å². The number of carbonyl (C=O) groups excluding carboxylic acids is 1. The Morgan fingerprint density at radius 3 is 2.43 bits per heavy atom. The number of benzene rings is 1. The van der Waals surface area contributed by atoms with Crippen LogP contribution >= 0.6 is 0 Å². The van der Waals surface area contributed by atoms with Crippen molar-refractivity contribution in [3.05, 3.63) is 47.5 Å². The van der Waals surface area contributed by atoms with E-state index in [2.05, 4.69) is 48.6 Å². The molecular weight excluding hydrogens is 344 g/mol. The van der Waals surface area contributed by atoms with Crippen molar-refractivity contribution in [2.45, 2.75) is 69.7 Å². The number of nitrogens with one attached hydrogen (secondary N) is 1. The van der Waals surface area contributed by atoms with Gasteiger partial charge in [0.05, 0.1) is 5.41 Å². The molecule has 0 spiro atoms. The van der Waals surface area contributed by atoms with Crippen LogP contribution < -0.4 is 11.1 Å². The molecule has 5 aliphatic carbocycles. The third-order valence-electron chi connectivity index (χ3n) is 8.38. The second-order valence-corrected chi connectivity index (χ2v) is 10.2. The zero-order valence-corrected chi connectivity index (χ0v) is 17.1. The fourth-order valence-corrected chi connectivity index (χ4v) is 7.29. The largest absolute Gasteiger partial charge is 0.353 e.